The van der Waals surface area contributed by atoms with Gasteiger partial charge in [0.15, 0.2) is 5.75 Å². The number of amides is 1. The Labute approximate surface area is 229 Å². The van der Waals surface area contributed by atoms with Crippen LogP contribution in [0.5, 0.6) is 5.75 Å². The Morgan fingerprint density at radius 2 is 1.82 bits per heavy atom. The molecule has 0 radical (unpaired) electrons. The highest BCUT2D eigenvalue weighted by atomic mass is 35.5. The number of carbonyl (C=O) groups excluding carboxylic acids is 1. The number of carboxylic acids is 1. The van der Waals surface area contributed by atoms with Gasteiger partial charge in [-0.1, -0.05) is 55.3 Å². The van der Waals surface area contributed by atoms with Gasteiger partial charge in [-0.05, 0) is 47.6 Å². The smallest absolute Gasteiger partial charge is 0.389 e. The average Bonchev–Trinajstić information content (AvgIpc) is 2.88. The zero-order valence-corrected chi connectivity index (χ0v) is 22.0. The molecule has 0 fully saturated rings. The van der Waals surface area contributed by atoms with E-state index in [1.807, 2.05) is 6.92 Å². The summed E-state index contributed by atoms with van der Waals surface area (Å²) in [5.41, 5.74) is 1.71. The van der Waals surface area contributed by atoms with Crippen molar-refractivity contribution >= 4 is 34.2 Å². The minimum Gasteiger partial charge on any atom is -0.491 e. The number of hydrogen-bond donors (Lipinski definition) is 2. The van der Waals surface area contributed by atoms with Crippen molar-refractivity contribution in [2.75, 3.05) is 13.2 Å². The van der Waals surface area contributed by atoms with E-state index in [0.717, 1.165) is 12.8 Å². The minimum absolute atomic E-state index is 0.0418. The van der Waals surface area contributed by atoms with E-state index in [1.54, 1.807) is 36.4 Å². The number of unbranched alkanes of at least 4 members (excludes halogenated alkanes) is 1. The summed E-state index contributed by atoms with van der Waals surface area (Å²) < 4.78 is 45.4. The number of alkyl halides is 3. The van der Waals surface area contributed by atoms with E-state index in [2.05, 4.69) is 11.4 Å². The highest BCUT2D eigenvalue weighted by Crippen LogP contribution is 2.39. The standard InChI is InChI=1S/C29H28ClF3N2O4/c1-2-3-14-39-27-24(17-34)23-9-8-20(15-21(23)16-25(27)30)22(10-12-29(31,32)33)18-4-6-19(7-5-18)28(38)35-13-11-26(36)37/h4-9,15-16,22H,2-3,10-14H2,1H3,(H,35,38)(H,36,37). The molecule has 0 aliphatic rings. The number of ether oxygens (including phenoxy) is 1. The highest BCUT2D eigenvalue weighted by molar-refractivity contribution is 6.33. The Hall–Kier alpha value is -3.77. The van der Waals surface area contributed by atoms with Crippen LogP contribution in [0.3, 0.4) is 0 Å². The number of nitrogens with zero attached hydrogens (tertiary/aromatic N) is 1. The number of aliphatic carboxylic acids is 1. The predicted octanol–water partition coefficient (Wildman–Crippen LogP) is 7.22. The minimum atomic E-state index is -4.36. The lowest BCUT2D eigenvalue weighted by atomic mass is 9.85. The second-order valence-electron chi connectivity index (χ2n) is 9.08. The van der Waals surface area contributed by atoms with Crippen molar-refractivity contribution < 1.29 is 32.6 Å². The number of carboxylic acid groups (broad SMARTS) is 1. The van der Waals surface area contributed by atoms with Gasteiger partial charge in [0.1, 0.15) is 11.6 Å². The molecule has 0 aromatic heterocycles. The highest BCUT2D eigenvalue weighted by Gasteiger charge is 2.29. The number of benzene rings is 3. The summed E-state index contributed by atoms with van der Waals surface area (Å²) in [6, 6.07) is 15.1. The number of nitriles is 1. The van der Waals surface area contributed by atoms with Gasteiger partial charge < -0.3 is 15.2 Å². The molecule has 1 amide bonds. The largest absolute Gasteiger partial charge is 0.491 e. The van der Waals surface area contributed by atoms with Gasteiger partial charge in [-0.2, -0.15) is 18.4 Å². The molecule has 0 bridgehead atoms. The molecule has 6 nitrogen and oxygen atoms in total. The first kappa shape index (κ1) is 29.8. The van der Waals surface area contributed by atoms with Crippen molar-refractivity contribution in [2.45, 2.75) is 51.1 Å². The second kappa shape index (κ2) is 13.3. The first-order chi connectivity index (χ1) is 18.5. The lowest BCUT2D eigenvalue weighted by Crippen LogP contribution is -2.25. The Kier molecular flexibility index (Phi) is 10.2. The number of carbonyl (C=O) groups is 2. The lowest BCUT2D eigenvalue weighted by Gasteiger charge is -2.21. The van der Waals surface area contributed by atoms with Crippen molar-refractivity contribution in [1.29, 1.82) is 5.26 Å². The fourth-order valence-corrected chi connectivity index (χ4v) is 4.51. The van der Waals surface area contributed by atoms with E-state index in [4.69, 9.17) is 21.4 Å². The number of rotatable bonds is 12. The van der Waals surface area contributed by atoms with Gasteiger partial charge in [0.25, 0.3) is 5.91 Å². The van der Waals surface area contributed by atoms with Crippen molar-refractivity contribution in [1.82, 2.24) is 5.32 Å². The summed E-state index contributed by atoms with van der Waals surface area (Å²) in [4.78, 5) is 22.9. The van der Waals surface area contributed by atoms with Crippen LogP contribution >= 0.6 is 11.6 Å². The molecule has 1 unspecified atom stereocenters. The predicted molar refractivity (Wildman–Crippen MR) is 142 cm³/mol. The van der Waals surface area contributed by atoms with Gasteiger partial charge in [0.05, 0.1) is 18.1 Å². The van der Waals surface area contributed by atoms with E-state index < -0.39 is 30.4 Å². The summed E-state index contributed by atoms with van der Waals surface area (Å²) in [6.45, 7) is 2.37. The Morgan fingerprint density at radius 3 is 2.44 bits per heavy atom. The maximum atomic E-state index is 13.2. The summed E-state index contributed by atoms with van der Waals surface area (Å²) in [5, 5.41) is 22.4. The Morgan fingerprint density at radius 1 is 1.13 bits per heavy atom. The van der Waals surface area contributed by atoms with Crippen LogP contribution in [0.4, 0.5) is 13.2 Å². The first-order valence-electron chi connectivity index (χ1n) is 12.5. The molecular weight excluding hydrogens is 533 g/mol. The zero-order valence-electron chi connectivity index (χ0n) is 21.3. The SMILES string of the molecule is CCCCOc1c(Cl)cc2cc(C(CCC(F)(F)F)c3ccc(C(=O)NCCC(=O)O)cc3)ccc2c1C#N. The topological polar surface area (TPSA) is 99.4 Å². The maximum Gasteiger partial charge on any atom is 0.389 e. The van der Waals surface area contributed by atoms with Crippen LogP contribution in [0.2, 0.25) is 5.02 Å². The maximum absolute atomic E-state index is 13.2. The van der Waals surface area contributed by atoms with Crippen LogP contribution in [-0.4, -0.2) is 36.3 Å². The summed E-state index contributed by atoms with van der Waals surface area (Å²) in [7, 11) is 0. The van der Waals surface area contributed by atoms with Gasteiger partial charge in [0.2, 0.25) is 0 Å². The van der Waals surface area contributed by atoms with Gasteiger partial charge in [0, 0.05) is 29.8 Å². The average molecular weight is 561 g/mol. The molecule has 0 saturated heterocycles. The normalized spacial score (nSPS) is 12.1. The zero-order chi connectivity index (χ0) is 28.6. The molecule has 2 N–H and O–H groups in total. The molecule has 0 aliphatic heterocycles. The van der Waals surface area contributed by atoms with E-state index in [0.29, 0.717) is 34.3 Å². The summed E-state index contributed by atoms with van der Waals surface area (Å²) in [6.07, 6.45) is -4.12. The summed E-state index contributed by atoms with van der Waals surface area (Å²) in [5.74, 6) is -1.88. The quantitative estimate of drug-likeness (QED) is 0.228. The molecule has 206 valence electrons. The molecule has 3 aromatic carbocycles. The van der Waals surface area contributed by atoms with Crippen molar-refractivity contribution in [3.05, 3.63) is 75.8 Å². The van der Waals surface area contributed by atoms with E-state index in [1.165, 1.54) is 12.1 Å². The molecule has 0 heterocycles. The van der Waals surface area contributed by atoms with Gasteiger partial charge in [-0.3, -0.25) is 9.59 Å². The van der Waals surface area contributed by atoms with Crippen LogP contribution in [0.25, 0.3) is 10.8 Å². The fraction of sp³-hybridized carbons (Fsp3) is 0.345. The fourth-order valence-electron chi connectivity index (χ4n) is 4.25. The van der Waals surface area contributed by atoms with Gasteiger partial charge in [-0.25, -0.2) is 0 Å². The van der Waals surface area contributed by atoms with Gasteiger partial charge >= 0.3 is 12.1 Å². The Balaban J connectivity index is 1.96. The number of hydrogen-bond acceptors (Lipinski definition) is 4. The molecule has 0 spiro atoms. The molecule has 3 aromatic rings. The first-order valence-corrected chi connectivity index (χ1v) is 12.9. The third kappa shape index (κ3) is 8.11. The van der Waals surface area contributed by atoms with Crippen LogP contribution in [0, 0.1) is 11.3 Å². The Bertz CT molecular complexity index is 1370. The molecule has 0 saturated carbocycles. The van der Waals surface area contributed by atoms with Crippen molar-refractivity contribution in [3.63, 3.8) is 0 Å². The molecule has 0 aliphatic carbocycles. The van der Waals surface area contributed by atoms with E-state index >= 15 is 0 Å². The molecule has 3 rings (SSSR count). The lowest BCUT2D eigenvalue weighted by molar-refractivity contribution is -0.137. The third-order valence-electron chi connectivity index (χ3n) is 6.25. The monoisotopic (exact) mass is 560 g/mol. The van der Waals surface area contributed by atoms with Crippen LogP contribution < -0.4 is 10.1 Å². The van der Waals surface area contributed by atoms with Crippen LogP contribution in [-0.2, 0) is 4.79 Å². The third-order valence-corrected chi connectivity index (χ3v) is 6.53. The molecule has 1 atom stereocenters. The molecule has 10 heteroatoms. The number of fused-ring (bicyclic) bond motifs is 1. The number of nitrogens with one attached hydrogen (secondary N) is 1. The second-order valence-corrected chi connectivity index (χ2v) is 9.49. The van der Waals surface area contributed by atoms with Crippen LogP contribution in [0.1, 0.15) is 72.0 Å². The van der Waals surface area contributed by atoms with E-state index in [9.17, 15) is 28.0 Å². The van der Waals surface area contributed by atoms with Gasteiger partial charge in [-0.15, -0.1) is 0 Å². The molecule has 39 heavy (non-hydrogen) atoms. The number of halogens is 4. The van der Waals surface area contributed by atoms with Crippen LogP contribution in [0.15, 0.2) is 48.5 Å². The van der Waals surface area contributed by atoms with Crippen molar-refractivity contribution in [3.8, 4) is 11.8 Å². The van der Waals surface area contributed by atoms with E-state index in [-0.39, 0.29) is 35.5 Å². The summed E-state index contributed by atoms with van der Waals surface area (Å²) >= 11 is 6.44. The molecular formula is C29H28ClF3N2O4. The van der Waals surface area contributed by atoms with Crippen molar-refractivity contribution in [2.24, 2.45) is 0 Å².